The lowest BCUT2D eigenvalue weighted by molar-refractivity contribution is 1.03. The van der Waals surface area contributed by atoms with Crippen LogP contribution in [0.2, 0.25) is 0 Å². The highest BCUT2D eigenvalue weighted by molar-refractivity contribution is 5.42. The van der Waals surface area contributed by atoms with Gasteiger partial charge in [-0.3, -0.25) is 0 Å². The van der Waals surface area contributed by atoms with E-state index in [0.29, 0.717) is 18.8 Å². The molecule has 0 fully saturated rings. The van der Waals surface area contributed by atoms with E-state index in [9.17, 15) is 0 Å². The molecule has 1 aromatic rings. The van der Waals surface area contributed by atoms with Gasteiger partial charge in [0.05, 0.1) is 5.69 Å². The number of nitrogen functional groups attached to an aromatic ring is 1. The normalized spacial score (nSPS) is 9.08. The predicted octanol–water partition coefficient (Wildman–Crippen LogP) is 0.673. The standard InChI is InChI=1S/C10H13N3/c1-8-9(4-2-3-7-11)5-6-10(12)13-8/h5-6H,3,7,11H2,1H3,(H2,12,13). The number of nitrogens with zero attached hydrogens (tertiary/aromatic N) is 1. The SMILES string of the molecule is Cc1nc(N)ccc1C#CCCN. The summed E-state index contributed by atoms with van der Waals surface area (Å²) in [5.74, 6) is 6.48. The maximum Gasteiger partial charge on any atom is 0.123 e. The Morgan fingerprint density at radius 2 is 2.23 bits per heavy atom. The summed E-state index contributed by atoms with van der Waals surface area (Å²) in [6.07, 6.45) is 0.712. The average molecular weight is 175 g/mol. The Bertz CT molecular complexity index is 347. The van der Waals surface area contributed by atoms with Crippen LogP contribution in [-0.2, 0) is 0 Å². The van der Waals surface area contributed by atoms with Crippen molar-refractivity contribution in [3.8, 4) is 11.8 Å². The lowest BCUT2D eigenvalue weighted by Gasteiger charge is -1.97. The topological polar surface area (TPSA) is 64.9 Å². The Kier molecular flexibility index (Phi) is 3.30. The quantitative estimate of drug-likeness (QED) is 0.617. The van der Waals surface area contributed by atoms with Gasteiger partial charge in [-0.25, -0.2) is 4.98 Å². The first kappa shape index (κ1) is 9.56. The van der Waals surface area contributed by atoms with Crippen LogP contribution in [0, 0.1) is 18.8 Å². The summed E-state index contributed by atoms with van der Waals surface area (Å²) in [5, 5.41) is 0. The number of pyridine rings is 1. The minimum Gasteiger partial charge on any atom is -0.384 e. The van der Waals surface area contributed by atoms with Gasteiger partial charge < -0.3 is 11.5 Å². The van der Waals surface area contributed by atoms with Crippen molar-refractivity contribution in [2.45, 2.75) is 13.3 Å². The van der Waals surface area contributed by atoms with Gasteiger partial charge in [0.2, 0.25) is 0 Å². The van der Waals surface area contributed by atoms with Gasteiger partial charge in [0.15, 0.2) is 0 Å². The zero-order valence-electron chi connectivity index (χ0n) is 7.67. The Hall–Kier alpha value is -1.53. The average Bonchev–Trinajstić information content (AvgIpc) is 2.09. The largest absolute Gasteiger partial charge is 0.384 e. The molecule has 0 unspecified atom stereocenters. The summed E-state index contributed by atoms with van der Waals surface area (Å²) >= 11 is 0. The first-order chi connectivity index (χ1) is 6.24. The molecule has 68 valence electrons. The number of aryl methyl sites for hydroxylation is 1. The molecule has 0 aromatic carbocycles. The number of hydrogen-bond acceptors (Lipinski definition) is 3. The van der Waals surface area contributed by atoms with Gasteiger partial charge >= 0.3 is 0 Å². The molecule has 0 aliphatic carbocycles. The van der Waals surface area contributed by atoms with Gasteiger partial charge in [-0.15, -0.1) is 0 Å². The van der Waals surface area contributed by atoms with Crippen molar-refractivity contribution in [3.05, 3.63) is 23.4 Å². The van der Waals surface area contributed by atoms with Gasteiger partial charge in [0.1, 0.15) is 5.82 Å². The molecule has 4 N–H and O–H groups in total. The third kappa shape index (κ3) is 2.77. The van der Waals surface area contributed by atoms with Crippen molar-refractivity contribution >= 4 is 5.82 Å². The molecule has 1 rings (SSSR count). The third-order valence-corrected chi connectivity index (χ3v) is 1.60. The first-order valence-electron chi connectivity index (χ1n) is 4.16. The summed E-state index contributed by atoms with van der Waals surface area (Å²) in [6.45, 7) is 2.48. The van der Waals surface area contributed by atoms with E-state index in [1.807, 2.05) is 13.0 Å². The van der Waals surface area contributed by atoms with Crippen LogP contribution in [0.5, 0.6) is 0 Å². The molecule has 0 atom stereocenters. The highest BCUT2D eigenvalue weighted by atomic mass is 14.8. The zero-order chi connectivity index (χ0) is 9.68. The van der Waals surface area contributed by atoms with Gasteiger partial charge in [-0.05, 0) is 19.1 Å². The van der Waals surface area contributed by atoms with Crippen LogP contribution in [0.4, 0.5) is 5.82 Å². The zero-order valence-corrected chi connectivity index (χ0v) is 7.67. The Labute approximate surface area is 78.2 Å². The van der Waals surface area contributed by atoms with E-state index in [4.69, 9.17) is 11.5 Å². The molecule has 0 aliphatic rings. The number of rotatable bonds is 1. The maximum atomic E-state index is 5.50. The fourth-order valence-corrected chi connectivity index (χ4v) is 0.942. The van der Waals surface area contributed by atoms with E-state index < -0.39 is 0 Å². The van der Waals surface area contributed by atoms with Crippen LogP contribution in [0.25, 0.3) is 0 Å². The second kappa shape index (κ2) is 4.48. The van der Waals surface area contributed by atoms with E-state index in [-0.39, 0.29) is 0 Å². The van der Waals surface area contributed by atoms with Crippen LogP contribution in [-0.4, -0.2) is 11.5 Å². The molecular weight excluding hydrogens is 162 g/mol. The van der Waals surface area contributed by atoms with Gasteiger partial charge in [0, 0.05) is 18.5 Å². The van der Waals surface area contributed by atoms with Crippen molar-refractivity contribution in [2.75, 3.05) is 12.3 Å². The molecule has 0 aliphatic heterocycles. The van der Waals surface area contributed by atoms with E-state index in [1.165, 1.54) is 0 Å². The van der Waals surface area contributed by atoms with Crippen molar-refractivity contribution in [1.82, 2.24) is 4.98 Å². The monoisotopic (exact) mass is 175 g/mol. The van der Waals surface area contributed by atoms with E-state index in [1.54, 1.807) is 6.07 Å². The van der Waals surface area contributed by atoms with E-state index in [0.717, 1.165) is 11.3 Å². The van der Waals surface area contributed by atoms with Crippen LogP contribution in [0.1, 0.15) is 17.7 Å². The number of aromatic nitrogens is 1. The van der Waals surface area contributed by atoms with Gasteiger partial charge in [0.25, 0.3) is 0 Å². The molecular formula is C10H13N3. The van der Waals surface area contributed by atoms with Gasteiger partial charge in [-0.2, -0.15) is 0 Å². The van der Waals surface area contributed by atoms with Crippen LogP contribution < -0.4 is 11.5 Å². The molecule has 1 aromatic heterocycles. The van der Waals surface area contributed by atoms with Crippen molar-refractivity contribution < 1.29 is 0 Å². The molecule has 0 bridgehead atoms. The Balaban J connectivity index is 2.85. The molecule has 0 spiro atoms. The summed E-state index contributed by atoms with van der Waals surface area (Å²) < 4.78 is 0. The fourth-order valence-electron chi connectivity index (χ4n) is 0.942. The van der Waals surface area contributed by atoms with Gasteiger partial charge in [-0.1, -0.05) is 11.8 Å². The molecule has 0 saturated heterocycles. The minimum atomic E-state index is 0.530. The van der Waals surface area contributed by atoms with Crippen molar-refractivity contribution in [2.24, 2.45) is 5.73 Å². The first-order valence-corrected chi connectivity index (χ1v) is 4.16. The maximum absolute atomic E-state index is 5.50. The van der Waals surface area contributed by atoms with E-state index >= 15 is 0 Å². The molecule has 3 heteroatoms. The molecule has 3 nitrogen and oxygen atoms in total. The highest BCUT2D eigenvalue weighted by Crippen LogP contribution is 2.05. The number of nitrogens with two attached hydrogens (primary N) is 2. The second-order valence-electron chi connectivity index (χ2n) is 2.71. The Morgan fingerprint density at radius 1 is 1.46 bits per heavy atom. The summed E-state index contributed by atoms with van der Waals surface area (Å²) in [7, 11) is 0. The fraction of sp³-hybridized carbons (Fsp3) is 0.300. The van der Waals surface area contributed by atoms with Crippen LogP contribution in [0.15, 0.2) is 12.1 Å². The van der Waals surface area contributed by atoms with E-state index in [2.05, 4.69) is 16.8 Å². The summed E-state index contributed by atoms with van der Waals surface area (Å²) in [6, 6.07) is 3.63. The second-order valence-corrected chi connectivity index (χ2v) is 2.71. The smallest absolute Gasteiger partial charge is 0.123 e. The number of hydrogen-bond donors (Lipinski definition) is 2. The number of anilines is 1. The molecule has 13 heavy (non-hydrogen) atoms. The van der Waals surface area contributed by atoms with Crippen LogP contribution >= 0.6 is 0 Å². The summed E-state index contributed by atoms with van der Waals surface area (Å²) in [4.78, 5) is 4.10. The lowest BCUT2D eigenvalue weighted by Crippen LogP contribution is -1.96. The predicted molar refractivity (Wildman–Crippen MR) is 53.9 cm³/mol. The van der Waals surface area contributed by atoms with Crippen molar-refractivity contribution in [1.29, 1.82) is 0 Å². The Morgan fingerprint density at radius 3 is 2.85 bits per heavy atom. The van der Waals surface area contributed by atoms with Crippen molar-refractivity contribution in [3.63, 3.8) is 0 Å². The molecule has 0 radical (unpaired) electrons. The highest BCUT2D eigenvalue weighted by Gasteiger charge is 1.95. The molecule has 1 heterocycles. The minimum absolute atomic E-state index is 0.530. The third-order valence-electron chi connectivity index (χ3n) is 1.60. The molecule has 0 amide bonds. The molecule has 0 saturated carbocycles. The lowest BCUT2D eigenvalue weighted by atomic mass is 10.2. The summed E-state index contributed by atoms with van der Waals surface area (Å²) in [5.41, 5.74) is 12.6. The van der Waals surface area contributed by atoms with Crippen LogP contribution in [0.3, 0.4) is 0 Å².